The van der Waals surface area contributed by atoms with Gasteiger partial charge in [0.05, 0.1) is 24.4 Å². The van der Waals surface area contributed by atoms with Gasteiger partial charge in [-0.25, -0.2) is 0 Å². The normalized spacial score (nSPS) is 12.7. The van der Waals surface area contributed by atoms with Gasteiger partial charge in [-0.15, -0.1) is 0 Å². The van der Waals surface area contributed by atoms with Gasteiger partial charge in [0.25, 0.3) is 0 Å². The Hall–Kier alpha value is -3.03. The van der Waals surface area contributed by atoms with Crippen molar-refractivity contribution in [1.29, 1.82) is 0 Å². The molecule has 27 heavy (non-hydrogen) atoms. The summed E-state index contributed by atoms with van der Waals surface area (Å²) in [5.41, 5.74) is 2.37. The molecule has 0 aliphatic carbocycles. The van der Waals surface area contributed by atoms with Crippen molar-refractivity contribution in [2.24, 2.45) is 0 Å². The maximum Gasteiger partial charge on any atom is 0.422 e. The third-order valence-electron chi connectivity index (χ3n) is 3.97. The second kappa shape index (κ2) is 7.69. The average Bonchev–Trinajstić information content (AvgIpc) is 3.07. The van der Waals surface area contributed by atoms with Crippen LogP contribution in [0.4, 0.5) is 13.2 Å². The predicted molar refractivity (Wildman–Crippen MR) is 94.3 cm³/mol. The van der Waals surface area contributed by atoms with E-state index in [1.807, 2.05) is 30.5 Å². The van der Waals surface area contributed by atoms with Gasteiger partial charge in [-0.1, -0.05) is 12.1 Å². The second-order valence-corrected chi connectivity index (χ2v) is 6.19. The molecule has 0 aliphatic rings. The van der Waals surface area contributed by atoms with Crippen molar-refractivity contribution in [1.82, 2.24) is 15.3 Å². The molecule has 3 rings (SSSR count). The van der Waals surface area contributed by atoms with Crippen LogP contribution >= 0.6 is 0 Å². The Morgan fingerprint density at radius 1 is 1.26 bits per heavy atom. The zero-order valence-corrected chi connectivity index (χ0v) is 14.5. The van der Waals surface area contributed by atoms with E-state index in [-0.39, 0.29) is 24.1 Å². The molecule has 0 saturated carbocycles. The van der Waals surface area contributed by atoms with E-state index in [1.165, 1.54) is 18.3 Å². The first-order valence-corrected chi connectivity index (χ1v) is 8.31. The van der Waals surface area contributed by atoms with Crippen LogP contribution in [0.15, 0.2) is 48.8 Å². The Kier molecular flexibility index (Phi) is 5.34. The first-order valence-electron chi connectivity index (χ1n) is 8.31. The van der Waals surface area contributed by atoms with Crippen molar-refractivity contribution in [2.45, 2.75) is 25.6 Å². The number of carbonyl (C=O) groups is 1. The lowest BCUT2D eigenvalue weighted by Crippen LogP contribution is -2.28. The number of aromatic amines is 1. The van der Waals surface area contributed by atoms with E-state index < -0.39 is 12.8 Å². The molecule has 142 valence electrons. The molecule has 3 aromatic rings. The molecular weight excluding hydrogens is 359 g/mol. The van der Waals surface area contributed by atoms with Crippen molar-refractivity contribution in [3.8, 4) is 5.75 Å². The van der Waals surface area contributed by atoms with Crippen LogP contribution in [-0.2, 0) is 11.2 Å². The zero-order chi connectivity index (χ0) is 19.4. The minimum Gasteiger partial charge on any atom is -0.483 e. The van der Waals surface area contributed by atoms with Gasteiger partial charge >= 0.3 is 6.18 Å². The van der Waals surface area contributed by atoms with Crippen molar-refractivity contribution in [3.05, 3.63) is 60.0 Å². The first-order chi connectivity index (χ1) is 12.8. The number of carbonyl (C=O) groups excluding carboxylic acids is 1. The summed E-state index contributed by atoms with van der Waals surface area (Å²) in [5.74, 6) is -0.151. The van der Waals surface area contributed by atoms with Crippen molar-refractivity contribution in [2.75, 3.05) is 6.61 Å². The van der Waals surface area contributed by atoms with Gasteiger partial charge in [-0.3, -0.25) is 9.78 Å². The molecule has 0 spiro atoms. The summed E-state index contributed by atoms with van der Waals surface area (Å²) in [7, 11) is 0. The SMILES string of the molecule is C[C@@H](NC(=O)Cc1ccc2cc[nH]c2c1)c1ccc(OCC(F)(F)F)cn1. The number of hydrogen-bond acceptors (Lipinski definition) is 3. The van der Waals surface area contributed by atoms with Crippen LogP contribution in [0.2, 0.25) is 0 Å². The van der Waals surface area contributed by atoms with E-state index in [0.717, 1.165) is 16.5 Å². The van der Waals surface area contributed by atoms with Crippen LogP contribution < -0.4 is 10.1 Å². The summed E-state index contributed by atoms with van der Waals surface area (Å²) in [4.78, 5) is 19.4. The Morgan fingerprint density at radius 2 is 2.07 bits per heavy atom. The number of fused-ring (bicyclic) bond motifs is 1. The van der Waals surface area contributed by atoms with Crippen molar-refractivity contribution >= 4 is 16.8 Å². The molecule has 1 aromatic carbocycles. The topological polar surface area (TPSA) is 67.0 Å². The Labute approximate surface area is 153 Å². The summed E-state index contributed by atoms with van der Waals surface area (Å²) < 4.78 is 41.0. The van der Waals surface area contributed by atoms with Crippen LogP contribution in [0, 0.1) is 0 Å². The van der Waals surface area contributed by atoms with Crippen LogP contribution in [0.1, 0.15) is 24.2 Å². The van der Waals surface area contributed by atoms with Gasteiger partial charge in [0.2, 0.25) is 5.91 Å². The quantitative estimate of drug-likeness (QED) is 0.684. The minimum absolute atomic E-state index is 0.0221. The number of amides is 1. The summed E-state index contributed by atoms with van der Waals surface area (Å²) >= 11 is 0. The molecule has 0 unspecified atom stereocenters. The average molecular weight is 377 g/mol. The molecule has 2 heterocycles. The van der Waals surface area contributed by atoms with Gasteiger partial charge in [-0.05, 0) is 42.1 Å². The molecule has 0 aliphatic heterocycles. The second-order valence-electron chi connectivity index (χ2n) is 6.19. The summed E-state index contributed by atoms with van der Waals surface area (Å²) in [6.07, 6.45) is -1.14. The van der Waals surface area contributed by atoms with Crippen LogP contribution in [0.5, 0.6) is 5.75 Å². The molecule has 0 fully saturated rings. The molecule has 1 atom stereocenters. The number of alkyl halides is 3. The molecule has 0 bridgehead atoms. The fourth-order valence-corrected chi connectivity index (χ4v) is 2.66. The number of hydrogen-bond donors (Lipinski definition) is 2. The number of nitrogens with one attached hydrogen (secondary N) is 2. The van der Waals surface area contributed by atoms with E-state index >= 15 is 0 Å². The molecule has 1 amide bonds. The third-order valence-corrected chi connectivity index (χ3v) is 3.97. The van der Waals surface area contributed by atoms with E-state index in [4.69, 9.17) is 0 Å². The van der Waals surface area contributed by atoms with Crippen LogP contribution in [-0.4, -0.2) is 28.7 Å². The highest BCUT2D eigenvalue weighted by molar-refractivity contribution is 5.83. The highest BCUT2D eigenvalue weighted by Crippen LogP contribution is 2.19. The highest BCUT2D eigenvalue weighted by atomic mass is 19.4. The molecule has 0 saturated heterocycles. The molecule has 8 heteroatoms. The smallest absolute Gasteiger partial charge is 0.422 e. The van der Waals surface area contributed by atoms with E-state index in [9.17, 15) is 18.0 Å². The maximum absolute atomic E-state index is 12.3. The largest absolute Gasteiger partial charge is 0.483 e. The van der Waals surface area contributed by atoms with Crippen molar-refractivity contribution < 1.29 is 22.7 Å². The summed E-state index contributed by atoms with van der Waals surface area (Å²) in [6.45, 7) is 0.385. The number of halogens is 3. The van der Waals surface area contributed by atoms with Crippen molar-refractivity contribution in [3.63, 3.8) is 0 Å². The van der Waals surface area contributed by atoms with E-state index in [2.05, 4.69) is 20.0 Å². The lowest BCUT2D eigenvalue weighted by Gasteiger charge is -2.14. The number of ether oxygens (including phenoxy) is 1. The van der Waals surface area contributed by atoms with E-state index in [0.29, 0.717) is 5.69 Å². The number of benzene rings is 1. The fraction of sp³-hybridized carbons (Fsp3) is 0.263. The standard InChI is InChI=1S/C19H18F3N3O2/c1-12(16-5-4-15(10-24-16)27-11-19(20,21)22)25-18(26)9-13-2-3-14-6-7-23-17(14)8-13/h2-8,10,12,23H,9,11H2,1H3,(H,25,26)/t12-/m1/s1. The molecule has 5 nitrogen and oxygen atoms in total. The summed E-state index contributed by atoms with van der Waals surface area (Å²) in [5, 5.41) is 3.90. The number of H-pyrrole nitrogens is 1. The van der Waals surface area contributed by atoms with Crippen LogP contribution in [0.3, 0.4) is 0 Å². The Bertz CT molecular complexity index is 920. The number of rotatable bonds is 6. The van der Waals surface area contributed by atoms with Gasteiger partial charge in [0.1, 0.15) is 5.75 Å². The lowest BCUT2D eigenvalue weighted by atomic mass is 10.1. The van der Waals surface area contributed by atoms with Gasteiger partial charge in [0, 0.05) is 11.7 Å². The number of aromatic nitrogens is 2. The minimum atomic E-state index is -4.40. The number of pyridine rings is 1. The van der Waals surface area contributed by atoms with Gasteiger partial charge in [-0.2, -0.15) is 13.2 Å². The predicted octanol–water partition coefficient (Wildman–Crippen LogP) is 3.92. The molecule has 2 aromatic heterocycles. The molecule has 2 N–H and O–H groups in total. The van der Waals surface area contributed by atoms with Gasteiger partial charge in [0.15, 0.2) is 6.61 Å². The highest BCUT2D eigenvalue weighted by Gasteiger charge is 2.28. The summed E-state index contributed by atoms with van der Waals surface area (Å²) in [6, 6.07) is 10.3. The number of nitrogens with zero attached hydrogens (tertiary/aromatic N) is 1. The first kappa shape index (κ1) is 18.8. The maximum atomic E-state index is 12.3. The third kappa shape index (κ3) is 5.22. The monoisotopic (exact) mass is 377 g/mol. The Morgan fingerprint density at radius 3 is 2.78 bits per heavy atom. The lowest BCUT2D eigenvalue weighted by molar-refractivity contribution is -0.153. The Balaban J connectivity index is 1.55. The molecule has 0 radical (unpaired) electrons. The van der Waals surface area contributed by atoms with Crippen LogP contribution in [0.25, 0.3) is 10.9 Å². The zero-order valence-electron chi connectivity index (χ0n) is 14.5. The van der Waals surface area contributed by atoms with Gasteiger partial charge < -0.3 is 15.0 Å². The molecular formula is C19H18F3N3O2. The fourth-order valence-electron chi connectivity index (χ4n) is 2.66. The van der Waals surface area contributed by atoms with E-state index in [1.54, 1.807) is 6.92 Å².